The van der Waals surface area contributed by atoms with Crippen LogP contribution in [0.1, 0.15) is 33.3 Å². The van der Waals surface area contributed by atoms with Gasteiger partial charge in [-0.2, -0.15) is 12.1 Å². The minimum atomic E-state index is -1.26. The first-order valence-corrected chi connectivity index (χ1v) is 6.01. The van der Waals surface area contributed by atoms with E-state index in [-0.39, 0.29) is 0 Å². The van der Waals surface area contributed by atoms with Gasteiger partial charge in [0.1, 0.15) is 11.1 Å². The van der Waals surface area contributed by atoms with Gasteiger partial charge < -0.3 is 14.8 Å². The highest BCUT2D eigenvalue weighted by atomic mass is 16.6. The molecule has 0 aliphatic heterocycles. The molecule has 0 saturated carbocycles. The molecular formula is C14H20NO4-. The monoisotopic (exact) mass is 266 g/mol. The molecule has 1 aromatic rings. The highest BCUT2D eigenvalue weighted by Gasteiger charge is 2.36. The zero-order chi connectivity index (χ0) is 14.7. The fourth-order valence-corrected chi connectivity index (χ4v) is 1.66. The largest absolute Gasteiger partial charge is 0.467 e. The first-order valence-electron chi connectivity index (χ1n) is 6.01. The average molecular weight is 266 g/mol. The summed E-state index contributed by atoms with van der Waals surface area (Å²) in [7, 11) is 1.28. The molecule has 5 heteroatoms. The molecule has 0 aliphatic carbocycles. The second-order valence-electron chi connectivity index (χ2n) is 5.42. The van der Waals surface area contributed by atoms with Crippen molar-refractivity contribution < 1.29 is 19.1 Å². The minimum absolute atomic E-state index is 0.551. The van der Waals surface area contributed by atoms with Crippen molar-refractivity contribution in [2.75, 3.05) is 7.11 Å². The van der Waals surface area contributed by atoms with E-state index in [4.69, 9.17) is 9.47 Å². The predicted octanol–water partition coefficient (Wildman–Crippen LogP) is 2.32. The molecule has 1 N–H and O–H groups in total. The molecule has 0 fully saturated rings. The summed E-state index contributed by atoms with van der Waals surface area (Å²) in [5.74, 6) is -0.551. The third-order valence-corrected chi connectivity index (χ3v) is 2.58. The van der Waals surface area contributed by atoms with Gasteiger partial charge in [0.25, 0.3) is 0 Å². The maximum absolute atomic E-state index is 11.9. The SMILES string of the molecule is COC(=O)[C@](C)(NC(=O)OC(C)(C)C)c1ccc[cH-]1. The Labute approximate surface area is 113 Å². The van der Waals surface area contributed by atoms with Crippen molar-refractivity contribution in [1.82, 2.24) is 5.32 Å². The van der Waals surface area contributed by atoms with Crippen molar-refractivity contribution in [2.45, 2.75) is 38.8 Å². The van der Waals surface area contributed by atoms with Crippen LogP contribution in [0.5, 0.6) is 0 Å². The van der Waals surface area contributed by atoms with Gasteiger partial charge in [0.05, 0.1) is 7.11 Å². The van der Waals surface area contributed by atoms with E-state index in [1.54, 1.807) is 52.0 Å². The van der Waals surface area contributed by atoms with Gasteiger partial charge in [0.15, 0.2) is 0 Å². The minimum Gasteiger partial charge on any atom is -0.467 e. The fourth-order valence-electron chi connectivity index (χ4n) is 1.66. The Morgan fingerprint density at radius 2 is 1.89 bits per heavy atom. The summed E-state index contributed by atoms with van der Waals surface area (Å²) in [5.41, 5.74) is -1.25. The number of carbonyl (C=O) groups is 2. The van der Waals surface area contributed by atoms with Gasteiger partial charge >= 0.3 is 12.1 Å². The van der Waals surface area contributed by atoms with E-state index in [1.807, 2.05) is 0 Å². The van der Waals surface area contributed by atoms with Crippen LogP contribution in [0.25, 0.3) is 0 Å². The zero-order valence-corrected chi connectivity index (χ0v) is 11.9. The summed E-state index contributed by atoms with van der Waals surface area (Å²) in [5, 5.41) is 2.57. The standard InChI is InChI=1S/C14H20NO4/c1-13(2,3)19-12(17)15-14(4,11(16)18-5)10-8-6-7-9-10/h6-9H,1-5H3,(H,15,17)/q-1/t14-/m1/s1. The first-order chi connectivity index (χ1) is 8.69. The third kappa shape index (κ3) is 3.77. The summed E-state index contributed by atoms with van der Waals surface area (Å²) in [6, 6.07) is 7.06. The quantitative estimate of drug-likeness (QED) is 0.673. The van der Waals surface area contributed by atoms with Crippen molar-refractivity contribution in [3.05, 3.63) is 29.8 Å². The molecule has 0 aromatic heterocycles. The molecule has 1 atom stereocenters. The van der Waals surface area contributed by atoms with E-state index in [0.29, 0.717) is 5.56 Å². The maximum atomic E-state index is 11.9. The number of ether oxygens (including phenoxy) is 2. The van der Waals surface area contributed by atoms with Crippen LogP contribution in [0.15, 0.2) is 24.3 Å². The molecule has 0 spiro atoms. The van der Waals surface area contributed by atoms with Crippen molar-refractivity contribution in [3.8, 4) is 0 Å². The maximum Gasteiger partial charge on any atom is 0.408 e. The second kappa shape index (κ2) is 5.38. The lowest BCUT2D eigenvalue weighted by atomic mass is 9.94. The summed E-state index contributed by atoms with van der Waals surface area (Å²) in [6.07, 6.45) is -0.665. The van der Waals surface area contributed by atoms with Gasteiger partial charge in [-0.15, -0.1) is 5.56 Å². The number of hydrogen-bond acceptors (Lipinski definition) is 4. The highest BCUT2D eigenvalue weighted by Crippen LogP contribution is 2.23. The van der Waals surface area contributed by atoms with Crippen molar-refractivity contribution >= 4 is 12.1 Å². The molecular weight excluding hydrogens is 246 g/mol. The molecule has 1 amide bonds. The molecule has 0 saturated heterocycles. The number of rotatable bonds is 3. The molecule has 0 aliphatic rings. The summed E-state index contributed by atoms with van der Waals surface area (Å²) in [6.45, 7) is 6.85. The van der Waals surface area contributed by atoms with E-state index in [1.165, 1.54) is 7.11 Å². The van der Waals surface area contributed by atoms with Crippen molar-refractivity contribution in [2.24, 2.45) is 0 Å². The van der Waals surface area contributed by atoms with Crippen LogP contribution in [0.2, 0.25) is 0 Å². The molecule has 0 heterocycles. The topological polar surface area (TPSA) is 64.6 Å². The van der Waals surface area contributed by atoms with Gasteiger partial charge in [0.2, 0.25) is 0 Å². The van der Waals surface area contributed by atoms with Crippen LogP contribution < -0.4 is 5.32 Å². The van der Waals surface area contributed by atoms with E-state index in [0.717, 1.165) is 0 Å². The zero-order valence-electron chi connectivity index (χ0n) is 11.9. The van der Waals surface area contributed by atoms with Crippen LogP contribution >= 0.6 is 0 Å². The third-order valence-electron chi connectivity index (χ3n) is 2.58. The van der Waals surface area contributed by atoms with Gasteiger partial charge in [-0.05, 0) is 27.7 Å². The van der Waals surface area contributed by atoms with Gasteiger partial charge in [-0.1, -0.05) is 0 Å². The Hall–Kier alpha value is -1.91. The molecule has 19 heavy (non-hydrogen) atoms. The predicted molar refractivity (Wildman–Crippen MR) is 70.8 cm³/mol. The molecule has 106 valence electrons. The Morgan fingerprint density at radius 1 is 1.26 bits per heavy atom. The molecule has 0 radical (unpaired) electrons. The van der Waals surface area contributed by atoms with Crippen LogP contribution in [0.3, 0.4) is 0 Å². The summed E-state index contributed by atoms with van der Waals surface area (Å²) < 4.78 is 9.93. The van der Waals surface area contributed by atoms with E-state index in [2.05, 4.69) is 5.32 Å². The number of hydrogen-bond donors (Lipinski definition) is 1. The normalized spacial score (nSPS) is 14.4. The Kier molecular flexibility index (Phi) is 4.29. The lowest BCUT2D eigenvalue weighted by Crippen LogP contribution is -2.51. The Bertz CT molecular complexity index is 445. The second-order valence-corrected chi connectivity index (χ2v) is 5.42. The lowest BCUT2D eigenvalue weighted by Gasteiger charge is -2.31. The van der Waals surface area contributed by atoms with E-state index in [9.17, 15) is 9.59 Å². The van der Waals surface area contributed by atoms with Gasteiger partial charge in [-0.3, -0.25) is 0 Å². The van der Waals surface area contributed by atoms with E-state index >= 15 is 0 Å². The molecule has 5 nitrogen and oxygen atoms in total. The Morgan fingerprint density at radius 3 is 2.32 bits per heavy atom. The number of methoxy groups -OCH3 is 1. The number of carbonyl (C=O) groups excluding carboxylic acids is 2. The molecule has 1 aromatic carbocycles. The van der Waals surface area contributed by atoms with Crippen molar-refractivity contribution in [1.29, 1.82) is 0 Å². The molecule has 0 unspecified atom stereocenters. The van der Waals surface area contributed by atoms with Gasteiger partial charge in [-0.25, -0.2) is 21.7 Å². The van der Waals surface area contributed by atoms with Crippen LogP contribution in [-0.2, 0) is 19.8 Å². The van der Waals surface area contributed by atoms with Crippen molar-refractivity contribution in [3.63, 3.8) is 0 Å². The van der Waals surface area contributed by atoms with Crippen LogP contribution in [-0.4, -0.2) is 24.8 Å². The number of alkyl carbamates (subject to hydrolysis) is 1. The van der Waals surface area contributed by atoms with Crippen LogP contribution in [0, 0.1) is 0 Å². The van der Waals surface area contributed by atoms with Gasteiger partial charge in [0, 0.05) is 0 Å². The molecule has 0 bridgehead atoms. The number of esters is 1. The lowest BCUT2D eigenvalue weighted by molar-refractivity contribution is -0.148. The molecule has 1 rings (SSSR count). The fraction of sp³-hybridized carbons (Fsp3) is 0.500. The Balaban J connectivity index is 2.94. The summed E-state index contributed by atoms with van der Waals surface area (Å²) >= 11 is 0. The number of amides is 1. The average Bonchev–Trinajstić information content (AvgIpc) is 2.78. The highest BCUT2D eigenvalue weighted by molar-refractivity contribution is 5.86. The first kappa shape index (κ1) is 15.1. The van der Waals surface area contributed by atoms with E-state index < -0.39 is 23.2 Å². The number of nitrogens with one attached hydrogen (secondary N) is 1. The van der Waals surface area contributed by atoms with Crippen LogP contribution in [0.4, 0.5) is 4.79 Å². The smallest absolute Gasteiger partial charge is 0.408 e. The summed E-state index contributed by atoms with van der Waals surface area (Å²) in [4.78, 5) is 23.8.